The van der Waals surface area contributed by atoms with E-state index in [1.54, 1.807) is 0 Å². The number of likely N-dealkylation sites (tertiary alicyclic amines) is 1. The lowest BCUT2D eigenvalue weighted by molar-refractivity contribution is -0.141. The Morgan fingerprint density at radius 1 is 1.33 bits per heavy atom. The molecule has 3 heterocycles. The van der Waals surface area contributed by atoms with Crippen LogP contribution < -0.4 is 10.5 Å². The second-order valence-corrected chi connectivity index (χ2v) is 8.18. The summed E-state index contributed by atoms with van der Waals surface area (Å²) >= 11 is 0. The van der Waals surface area contributed by atoms with Crippen molar-refractivity contribution in [2.75, 3.05) is 20.2 Å². The first-order valence-electron chi connectivity index (χ1n) is 9.76. The van der Waals surface area contributed by atoms with Gasteiger partial charge in [0, 0.05) is 25.6 Å². The van der Waals surface area contributed by atoms with Crippen molar-refractivity contribution in [2.24, 2.45) is 5.73 Å². The monoisotopic (exact) mass is 464 g/mol. The molecule has 2 amide bonds. The summed E-state index contributed by atoms with van der Waals surface area (Å²) < 4.78 is 47.9. The molecular formula is C21H19F3N4O5. The number of nitrogens with zero attached hydrogens (tertiary/aromatic N) is 3. The van der Waals surface area contributed by atoms with Gasteiger partial charge in [0.1, 0.15) is 29.2 Å². The minimum atomic E-state index is -5.04. The Morgan fingerprint density at radius 2 is 2.03 bits per heavy atom. The van der Waals surface area contributed by atoms with Gasteiger partial charge in [-0.05, 0) is 25.1 Å². The molecule has 12 heteroatoms. The van der Waals surface area contributed by atoms with Gasteiger partial charge < -0.3 is 25.6 Å². The SMILES string of the molecule is CN1CC[C@@](O)(C#Cc2ccc3c(c2)-n2nc(C(N)=O)c(C(F)(F)F)c2[C@@](C)(O)CO3)C1=O. The Morgan fingerprint density at radius 3 is 2.61 bits per heavy atom. The maximum Gasteiger partial charge on any atom is 0.420 e. The molecule has 1 aromatic carbocycles. The van der Waals surface area contributed by atoms with E-state index >= 15 is 0 Å². The molecule has 0 bridgehead atoms. The number of hydrogen-bond donors (Lipinski definition) is 3. The van der Waals surface area contributed by atoms with Crippen LogP contribution >= 0.6 is 0 Å². The summed E-state index contributed by atoms with van der Waals surface area (Å²) in [6.07, 6.45) is -4.94. The summed E-state index contributed by atoms with van der Waals surface area (Å²) in [5, 5.41) is 25.0. The third-order valence-corrected chi connectivity index (χ3v) is 5.53. The second kappa shape index (κ2) is 7.23. The average Bonchev–Trinajstić information content (AvgIpc) is 3.24. The van der Waals surface area contributed by atoms with Crippen molar-refractivity contribution in [3.63, 3.8) is 0 Å². The van der Waals surface area contributed by atoms with Gasteiger partial charge in [-0.15, -0.1) is 0 Å². The van der Waals surface area contributed by atoms with Crippen LogP contribution in [-0.4, -0.2) is 62.5 Å². The zero-order valence-corrected chi connectivity index (χ0v) is 17.5. The Bertz CT molecular complexity index is 1240. The zero-order chi connectivity index (χ0) is 24.3. The highest BCUT2D eigenvalue weighted by molar-refractivity contribution is 5.93. The lowest BCUT2D eigenvalue weighted by Gasteiger charge is -2.23. The van der Waals surface area contributed by atoms with Crippen LogP contribution in [0, 0.1) is 11.8 Å². The van der Waals surface area contributed by atoms with E-state index in [2.05, 4.69) is 16.9 Å². The lowest BCUT2D eigenvalue weighted by Crippen LogP contribution is -2.37. The normalized spacial score (nSPS) is 24.3. The smallest absolute Gasteiger partial charge is 0.420 e. The highest BCUT2D eigenvalue weighted by Gasteiger charge is 2.48. The number of alkyl halides is 3. The van der Waals surface area contributed by atoms with Gasteiger partial charge in [0.2, 0.25) is 5.60 Å². The number of amides is 2. The van der Waals surface area contributed by atoms with Crippen molar-refractivity contribution in [2.45, 2.75) is 30.7 Å². The molecule has 0 spiro atoms. The van der Waals surface area contributed by atoms with Crippen molar-refractivity contribution in [3.05, 3.63) is 40.7 Å². The van der Waals surface area contributed by atoms with Crippen molar-refractivity contribution >= 4 is 11.8 Å². The van der Waals surface area contributed by atoms with E-state index in [1.165, 1.54) is 30.1 Å². The molecule has 2 aromatic rings. The van der Waals surface area contributed by atoms with Crippen LogP contribution in [0.25, 0.3) is 5.69 Å². The minimum absolute atomic E-state index is 0.0329. The maximum absolute atomic E-state index is 13.9. The van der Waals surface area contributed by atoms with Crippen LogP contribution in [0.4, 0.5) is 13.2 Å². The van der Waals surface area contributed by atoms with E-state index in [1.807, 2.05) is 0 Å². The van der Waals surface area contributed by atoms with Crippen LogP contribution in [-0.2, 0) is 16.6 Å². The van der Waals surface area contributed by atoms with Gasteiger partial charge in [0.05, 0.1) is 5.69 Å². The number of nitrogens with two attached hydrogens (primary N) is 1. The standard InChI is InChI=1S/C21H19F3N4O5/c1-19(31)10-33-13-4-3-11(5-6-20(32)7-8-27(2)18(20)30)9-12(13)28-16(19)14(21(22,23)24)15(26-28)17(25)29/h3-4,9,31-32H,7-8,10H2,1-2H3,(H2,25,29)/t19-,20-/m0/s1. The molecule has 1 aromatic heterocycles. The summed E-state index contributed by atoms with van der Waals surface area (Å²) in [5.41, 5.74) is -1.92. The van der Waals surface area contributed by atoms with Crippen LogP contribution in [0.15, 0.2) is 18.2 Å². The predicted octanol–water partition coefficient (Wildman–Crippen LogP) is 0.535. The number of likely N-dealkylation sites (N-methyl/N-ethyl adjacent to an activating group) is 1. The third-order valence-electron chi connectivity index (χ3n) is 5.53. The molecule has 4 N–H and O–H groups in total. The van der Waals surface area contributed by atoms with Gasteiger partial charge in [-0.1, -0.05) is 11.8 Å². The minimum Gasteiger partial charge on any atom is -0.488 e. The van der Waals surface area contributed by atoms with Gasteiger partial charge in [-0.3, -0.25) is 9.59 Å². The van der Waals surface area contributed by atoms with Crippen molar-refractivity contribution in [1.29, 1.82) is 0 Å². The Labute approximate surface area is 185 Å². The summed E-state index contributed by atoms with van der Waals surface area (Å²) in [6.45, 7) is 0.868. The molecule has 0 aliphatic carbocycles. The number of fused-ring (bicyclic) bond motifs is 3. The fraction of sp³-hybridized carbons (Fsp3) is 0.381. The van der Waals surface area contributed by atoms with Gasteiger partial charge in [0.15, 0.2) is 5.69 Å². The van der Waals surface area contributed by atoms with Crippen LogP contribution in [0.5, 0.6) is 5.75 Å². The average molecular weight is 464 g/mol. The van der Waals surface area contributed by atoms with E-state index in [0.29, 0.717) is 6.54 Å². The Kier molecular flexibility index (Phi) is 4.95. The number of rotatable bonds is 1. The van der Waals surface area contributed by atoms with Gasteiger partial charge in [-0.25, -0.2) is 4.68 Å². The summed E-state index contributed by atoms with van der Waals surface area (Å²) in [5.74, 6) is 3.27. The lowest BCUT2D eigenvalue weighted by atomic mass is 9.97. The number of carbonyl (C=O) groups is 2. The first kappa shape index (κ1) is 22.6. The van der Waals surface area contributed by atoms with Gasteiger partial charge in [-0.2, -0.15) is 18.3 Å². The van der Waals surface area contributed by atoms with Crippen molar-refractivity contribution in [1.82, 2.24) is 14.7 Å². The zero-order valence-electron chi connectivity index (χ0n) is 17.5. The maximum atomic E-state index is 13.9. The first-order valence-corrected chi connectivity index (χ1v) is 9.76. The molecule has 1 saturated heterocycles. The molecule has 0 radical (unpaired) electrons. The molecule has 33 heavy (non-hydrogen) atoms. The van der Waals surface area contributed by atoms with E-state index in [4.69, 9.17) is 10.5 Å². The molecule has 0 saturated carbocycles. The first-order chi connectivity index (χ1) is 15.2. The quantitative estimate of drug-likeness (QED) is 0.528. The number of primary amides is 1. The van der Waals surface area contributed by atoms with Crippen LogP contribution in [0.1, 0.15) is 40.7 Å². The number of benzene rings is 1. The highest BCUT2D eigenvalue weighted by Crippen LogP contribution is 2.43. The Hall–Kier alpha value is -3.56. The third kappa shape index (κ3) is 3.69. The van der Waals surface area contributed by atoms with Crippen LogP contribution in [0.3, 0.4) is 0 Å². The molecule has 2 aliphatic heterocycles. The largest absolute Gasteiger partial charge is 0.488 e. The molecule has 1 fully saturated rings. The van der Waals surface area contributed by atoms with Crippen molar-refractivity contribution in [3.8, 4) is 23.3 Å². The van der Waals surface area contributed by atoms with Gasteiger partial charge >= 0.3 is 6.18 Å². The summed E-state index contributed by atoms with van der Waals surface area (Å²) in [7, 11) is 1.53. The molecule has 9 nitrogen and oxygen atoms in total. The summed E-state index contributed by atoms with van der Waals surface area (Å²) in [6, 6.07) is 4.19. The molecule has 2 aliphatic rings. The van der Waals surface area contributed by atoms with Gasteiger partial charge in [0.25, 0.3) is 11.8 Å². The van der Waals surface area contributed by atoms with Crippen molar-refractivity contribution < 1.29 is 37.7 Å². The summed E-state index contributed by atoms with van der Waals surface area (Å²) in [4.78, 5) is 25.2. The Balaban J connectivity index is 1.90. The molecule has 2 atom stereocenters. The second-order valence-electron chi connectivity index (χ2n) is 8.18. The van der Waals surface area contributed by atoms with E-state index in [-0.39, 0.29) is 23.4 Å². The highest BCUT2D eigenvalue weighted by atomic mass is 19.4. The van der Waals surface area contributed by atoms with Crippen LogP contribution in [0.2, 0.25) is 0 Å². The molecule has 0 unspecified atom stereocenters. The predicted molar refractivity (Wildman–Crippen MR) is 106 cm³/mol. The fourth-order valence-corrected chi connectivity index (χ4v) is 3.85. The number of hydrogen-bond acceptors (Lipinski definition) is 6. The van der Waals surface area contributed by atoms with E-state index in [0.717, 1.165) is 11.6 Å². The topological polar surface area (TPSA) is 131 Å². The number of halogens is 3. The molecule has 174 valence electrons. The molecule has 4 rings (SSSR count). The van der Waals surface area contributed by atoms with E-state index in [9.17, 15) is 33.0 Å². The van der Waals surface area contributed by atoms with E-state index < -0.39 is 52.8 Å². The number of aliphatic hydroxyl groups is 2. The number of ether oxygens (including phenoxy) is 1. The number of carbonyl (C=O) groups excluding carboxylic acids is 2. The fourth-order valence-electron chi connectivity index (χ4n) is 3.85. The molecular weight excluding hydrogens is 445 g/mol. The number of aromatic nitrogens is 2.